The third-order valence-electron chi connectivity index (χ3n) is 3.06. The second-order valence-corrected chi connectivity index (χ2v) is 4.68. The number of aromatic hydroxyl groups is 2. The van der Waals surface area contributed by atoms with Crippen molar-refractivity contribution < 1.29 is 15.0 Å². The summed E-state index contributed by atoms with van der Waals surface area (Å²) >= 11 is 0. The fourth-order valence-electron chi connectivity index (χ4n) is 1.91. The van der Waals surface area contributed by atoms with Crippen LogP contribution in [0.2, 0.25) is 0 Å². The first kappa shape index (κ1) is 14.5. The van der Waals surface area contributed by atoms with E-state index in [9.17, 15) is 15.0 Å². The van der Waals surface area contributed by atoms with Crippen LogP contribution in [0.25, 0.3) is 0 Å². The Morgan fingerprint density at radius 2 is 1.81 bits per heavy atom. The van der Waals surface area contributed by atoms with Gasteiger partial charge in [-0.3, -0.25) is 4.79 Å². The van der Waals surface area contributed by atoms with Crippen molar-refractivity contribution in [3.05, 3.63) is 47.5 Å². The average molecular weight is 287 g/mol. The van der Waals surface area contributed by atoms with Gasteiger partial charge in [-0.15, -0.1) is 0 Å². The molecule has 0 fully saturated rings. The van der Waals surface area contributed by atoms with Crippen molar-refractivity contribution in [3.63, 3.8) is 0 Å². The van der Waals surface area contributed by atoms with E-state index in [4.69, 9.17) is 11.5 Å². The molecule has 6 heteroatoms. The van der Waals surface area contributed by atoms with Gasteiger partial charge in [0.25, 0.3) is 5.91 Å². The number of hydrogen-bond donors (Lipinski definition) is 5. The van der Waals surface area contributed by atoms with Gasteiger partial charge in [0, 0.05) is 17.9 Å². The predicted molar refractivity (Wildman–Crippen MR) is 81.1 cm³/mol. The van der Waals surface area contributed by atoms with Crippen molar-refractivity contribution >= 4 is 17.3 Å². The molecule has 0 aromatic heterocycles. The van der Waals surface area contributed by atoms with E-state index in [0.29, 0.717) is 29.9 Å². The van der Waals surface area contributed by atoms with Crippen LogP contribution < -0.4 is 16.8 Å². The Morgan fingerprint density at radius 1 is 1.05 bits per heavy atom. The molecule has 2 aromatic rings. The first-order chi connectivity index (χ1) is 9.97. The Labute approximate surface area is 122 Å². The molecule has 0 bridgehead atoms. The number of phenols is 2. The van der Waals surface area contributed by atoms with E-state index >= 15 is 0 Å². The van der Waals surface area contributed by atoms with E-state index in [2.05, 4.69) is 5.32 Å². The van der Waals surface area contributed by atoms with Crippen LogP contribution in [0.3, 0.4) is 0 Å². The normalized spacial score (nSPS) is 10.3. The van der Waals surface area contributed by atoms with Crippen molar-refractivity contribution in [3.8, 4) is 11.5 Å². The minimum Gasteiger partial charge on any atom is -0.504 e. The number of phenolic OH excluding ortho intramolecular Hbond substituents is 2. The van der Waals surface area contributed by atoms with Gasteiger partial charge in [-0.1, -0.05) is 6.07 Å². The number of carbonyl (C=O) groups is 1. The van der Waals surface area contributed by atoms with Crippen molar-refractivity contribution in [1.29, 1.82) is 0 Å². The van der Waals surface area contributed by atoms with Gasteiger partial charge in [-0.05, 0) is 42.3 Å². The first-order valence-electron chi connectivity index (χ1n) is 6.41. The van der Waals surface area contributed by atoms with Gasteiger partial charge in [0.05, 0.1) is 5.56 Å². The quantitative estimate of drug-likeness (QED) is 0.428. The summed E-state index contributed by atoms with van der Waals surface area (Å²) in [4.78, 5) is 12.0. The van der Waals surface area contributed by atoms with Gasteiger partial charge in [0.15, 0.2) is 11.5 Å². The van der Waals surface area contributed by atoms with E-state index in [-0.39, 0.29) is 17.4 Å². The van der Waals surface area contributed by atoms with Crippen LogP contribution in [0, 0.1) is 0 Å². The number of rotatable bonds is 4. The zero-order valence-corrected chi connectivity index (χ0v) is 11.3. The van der Waals surface area contributed by atoms with Crippen LogP contribution in [-0.4, -0.2) is 22.7 Å². The fraction of sp³-hybridized carbons (Fsp3) is 0.133. The first-order valence-corrected chi connectivity index (χ1v) is 6.41. The monoisotopic (exact) mass is 287 g/mol. The zero-order chi connectivity index (χ0) is 15.4. The van der Waals surface area contributed by atoms with Gasteiger partial charge >= 0.3 is 0 Å². The third kappa shape index (κ3) is 3.56. The molecule has 6 nitrogen and oxygen atoms in total. The second-order valence-electron chi connectivity index (χ2n) is 4.68. The molecule has 2 rings (SSSR count). The van der Waals surface area contributed by atoms with Gasteiger partial charge in [-0.2, -0.15) is 0 Å². The number of nitrogen functional groups attached to an aromatic ring is 2. The Balaban J connectivity index is 1.95. The summed E-state index contributed by atoms with van der Waals surface area (Å²) in [7, 11) is 0. The Morgan fingerprint density at radius 3 is 2.52 bits per heavy atom. The predicted octanol–water partition coefficient (Wildman–Crippen LogP) is 1.23. The lowest BCUT2D eigenvalue weighted by molar-refractivity contribution is 0.0955. The largest absolute Gasteiger partial charge is 0.504 e. The van der Waals surface area contributed by atoms with Crippen molar-refractivity contribution in [1.82, 2.24) is 5.32 Å². The number of hydrogen-bond acceptors (Lipinski definition) is 5. The average Bonchev–Trinajstić information content (AvgIpc) is 2.45. The van der Waals surface area contributed by atoms with E-state index < -0.39 is 0 Å². The zero-order valence-electron chi connectivity index (χ0n) is 11.3. The maximum absolute atomic E-state index is 12.0. The van der Waals surface area contributed by atoms with Crippen LogP contribution in [0.1, 0.15) is 15.9 Å². The highest BCUT2D eigenvalue weighted by atomic mass is 16.3. The molecule has 1 amide bonds. The molecule has 0 radical (unpaired) electrons. The molecule has 0 saturated carbocycles. The lowest BCUT2D eigenvalue weighted by atomic mass is 10.1. The standard InChI is InChI=1S/C15H17N3O3/c16-10-2-3-12(17)11(8-10)15(21)18-6-5-9-1-4-13(19)14(20)7-9/h1-4,7-8,19-20H,5-6,16-17H2,(H,18,21). The van der Waals surface area contributed by atoms with E-state index in [1.54, 1.807) is 18.2 Å². The van der Waals surface area contributed by atoms with Crippen LogP contribution >= 0.6 is 0 Å². The third-order valence-corrected chi connectivity index (χ3v) is 3.06. The molecular weight excluding hydrogens is 270 g/mol. The summed E-state index contributed by atoms with van der Waals surface area (Å²) in [6.07, 6.45) is 0.516. The molecule has 7 N–H and O–H groups in total. The number of benzene rings is 2. The minimum absolute atomic E-state index is 0.171. The molecule has 0 aliphatic rings. The van der Waals surface area contributed by atoms with Gasteiger partial charge in [-0.25, -0.2) is 0 Å². The van der Waals surface area contributed by atoms with Crippen LogP contribution in [-0.2, 0) is 6.42 Å². The van der Waals surface area contributed by atoms with E-state index in [1.807, 2.05) is 0 Å². The SMILES string of the molecule is Nc1ccc(N)c(C(=O)NCCc2ccc(O)c(O)c2)c1. The molecule has 0 atom stereocenters. The summed E-state index contributed by atoms with van der Waals surface area (Å²) in [5.41, 5.74) is 13.3. The van der Waals surface area contributed by atoms with Crippen molar-refractivity contribution in [2.45, 2.75) is 6.42 Å². The van der Waals surface area contributed by atoms with Crippen LogP contribution in [0.15, 0.2) is 36.4 Å². The van der Waals surface area contributed by atoms with Crippen LogP contribution in [0.4, 0.5) is 11.4 Å². The molecule has 0 saturated heterocycles. The number of amides is 1. The highest BCUT2D eigenvalue weighted by molar-refractivity contribution is 5.99. The summed E-state index contributed by atoms with van der Waals surface area (Å²) in [6, 6.07) is 9.28. The highest BCUT2D eigenvalue weighted by Gasteiger charge is 2.09. The molecule has 0 unspecified atom stereocenters. The Kier molecular flexibility index (Phi) is 4.18. The maximum atomic E-state index is 12.0. The van der Waals surface area contributed by atoms with E-state index in [0.717, 1.165) is 5.56 Å². The number of nitrogens with one attached hydrogen (secondary N) is 1. The molecular formula is C15H17N3O3. The smallest absolute Gasteiger partial charge is 0.253 e. The van der Waals surface area contributed by atoms with Gasteiger partial charge in [0.2, 0.25) is 0 Å². The lowest BCUT2D eigenvalue weighted by Crippen LogP contribution is -2.26. The molecule has 2 aromatic carbocycles. The Hall–Kier alpha value is -2.89. The maximum Gasteiger partial charge on any atom is 0.253 e. The number of carbonyl (C=O) groups excluding carboxylic acids is 1. The second kappa shape index (κ2) is 6.04. The summed E-state index contributed by atoms with van der Waals surface area (Å²) in [5.74, 6) is -0.656. The highest BCUT2D eigenvalue weighted by Crippen LogP contribution is 2.24. The summed E-state index contributed by atoms with van der Waals surface area (Å²) < 4.78 is 0. The molecule has 0 aliphatic heterocycles. The molecule has 0 heterocycles. The van der Waals surface area contributed by atoms with E-state index in [1.165, 1.54) is 18.2 Å². The van der Waals surface area contributed by atoms with Crippen LogP contribution in [0.5, 0.6) is 11.5 Å². The number of anilines is 2. The van der Waals surface area contributed by atoms with Crippen molar-refractivity contribution in [2.24, 2.45) is 0 Å². The Bertz CT molecular complexity index is 671. The summed E-state index contributed by atoms with van der Waals surface area (Å²) in [6.45, 7) is 0.372. The fourth-order valence-corrected chi connectivity index (χ4v) is 1.91. The molecule has 0 aliphatic carbocycles. The topological polar surface area (TPSA) is 122 Å². The van der Waals surface area contributed by atoms with Crippen molar-refractivity contribution in [2.75, 3.05) is 18.0 Å². The minimum atomic E-state index is -0.303. The lowest BCUT2D eigenvalue weighted by Gasteiger charge is -2.09. The molecule has 110 valence electrons. The molecule has 0 spiro atoms. The molecule has 21 heavy (non-hydrogen) atoms. The van der Waals surface area contributed by atoms with Gasteiger partial charge in [0.1, 0.15) is 0 Å². The number of nitrogens with two attached hydrogens (primary N) is 2. The van der Waals surface area contributed by atoms with Gasteiger partial charge < -0.3 is 27.0 Å². The summed E-state index contributed by atoms with van der Waals surface area (Å²) in [5, 5.41) is 21.3.